The molecule has 0 radical (unpaired) electrons. The van der Waals surface area contributed by atoms with Crippen LogP contribution >= 0.6 is 0 Å². The minimum atomic E-state index is 0.223. The van der Waals surface area contributed by atoms with E-state index in [9.17, 15) is 5.11 Å². The molecular formula is C15H25NO2. The third-order valence-electron chi connectivity index (χ3n) is 3.22. The van der Waals surface area contributed by atoms with Gasteiger partial charge in [-0.05, 0) is 43.5 Å². The lowest BCUT2D eigenvalue weighted by Crippen LogP contribution is -2.22. The summed E-state index contributed by atoms with van der Waals surface area (Å²) < 4.78 is 5.51. The summed E-state index contributed by atoms with van der Waals surface area (Å²) in [6.45, 7) is 10.00. The van der Waals surface area contributed by atoms with Crippen LogP contribution in [0, 0.1) is 18.8 Å². The highest BCUT2D eigenvalue weighted by Crippen LogP contribution is 2.22. The lowest BCUT2D eigenvalue weighted by molar-refractivity contribution is 0.198. The van der Waals surface area contributed by atoms with E-state index in [1.54, 1.807) is 0 Å². The molecule has 0 saturated heterocycles. The van der Waals surface area contributed by atoms with Gasteiger partial charge in [0.25, 0.3) is 0 Å². The molecule has 0 saturated carbocycles. The predicted molar refractivity (Wildman–Crippen MR) is 76.3 cm³/mol. The maximum Gasteiger partial charge on any atom is 0.122 e. The summed E-state index contributed by atoms with van der Waals surface area (Å²) in [7, 11) is 0. The summed E-state index contributed by atoms with van der Waals surface area (Å²) in [6, 6.07) is 6.09. The number of aliphatic hydroxyl groups excluding tert-OH is 1. The summed E-state index contributed by atoms with van der Waals surface area (Å²) in [5.41, 5.74) is 2.21. The lowest BCUT2D eigenvalue weighted by Gasteiger charge is -2.19. The highest BCUT2D eigenvalue weighted by molar-refractivity contribution is 5.50. The molecule has 1 atom stereocenters. The van der Waals surface area contributed by atoms with E-state index in [2.05, 4.69) is 25.2 Å². The van der Waals surface area contributed by atoms with E-state index in [0.29, 0.717) is 12.5 Å². The molecule has 1 rings (SSSR count). The van der Waals surface area contributed by atoms with Crippen LogP contribution in [0.2, 0.25) is 0 Å². The average molecular weight is 251 g/mol. The Morgan fingerprint density at radius 3 is 2.56 bits per heavy atom. The first kappa shape index (κ1) is 14.8. The number of ether oxygens (including phenoxy) is 1. The smallest absolute Gasteiger partial charge is 0.122 e. The maximum absolute atomic E-state index is 9.28. The lowest BCUT2D eigenvalue weighted by atomic mass is 9.97. The number of hydrogen-bond donors (Lipinski definition) is 2. The van der Waals surface area contributed by atoms with Gasteiger partial charge < -0.3 is 15.2 Å². The topological polar surface area (TPSA) is 41.5 Å². The second-order valence-corrected chi connectivity index (χ2v) is 4.98. The van der Waals surface area contributed by atoms with Crippen molar-refractivity contribution in [2.24, 2.45) is 11.8 Å². The van der Waals surface area contributed by atoms with E-state index in [0.717, 1.165) is 23.5 Å². The van der Waals surface area contributed by atoms with Crippen molar-refractivity contribution in [3.63, 3.8) is 0 Å². The molecule has 0 aliphatic carbocycles. The zero-order valence-electron chi connectivity index (χ0n) is 11.9. The molecule has 0 spiro atoms. The molecule has 102 valence electrons. The standard InChI is InChI=1S/C15H25NO2/c1-5-18-15-7-6-14(8-12(15)4)16-9-13(10-17)11(2)3/h6-8,11,13,16-17H,5,9-10H2,1-4H3. The molecule has 0 fully saturated rings. The largest absolute Gasteiger partial charge is 0.494 e. The van der Waals surface area contributed by atoms with Gasteiger partial charge in [-0.25, -0.2) is 0 Å². The fourth-order valence-corrected chi connectivity index (χ4v) is 1.84. The zero-order chi connectivity index (χ0) is 13.5. The molecule has 3 nitrogen and oxygen atoms in total. The molecule has 0 aromatic heterocycles. The molecule has 0 bridgehead atoms. The average Bonchev–Trinajstić information content (AvgIpc) is 2.33. The highest BCUT2D eigenvalue weighted by Gasteiger charge is 2.11. The SMILES string of the molecule is CCOc1ccc(NCC(CO)C(C)C)cc1C. The zero-order valence-corrected chi connectivity index (χ0v) is 11.9. The van der Waals surface area contributed by atoms with E-state index in [1.807, 2.05) is 26.0 Å². The van der Waals surface area contributed by atoms with Crippen LogP contribution in [0.1, 0.15) is 26.3 Å². The van der Waals surface area contributed by atoms with Gasteiger partial charge in [0.1, 0.15) is 5.75 Å². The van der Waals surface area contributed by atoms with Crippen molar-refractivity contribution >= 4 is 5.69 Å². The van der Waals surface area contributed by atoms with Gasteiger partial charge in [-0.2, -0.15) is 0 Å². The summed E-state index contributed by atoms with van der Waals surface area (Å²) in [5, 5.41) is 12.7. The van der Waals surface area contributed by atoms with Gasteiger partial charge >= 0.3 is 0 Å². The molecular weight excluding hydrogens is 226 g/mol. The van der Waals surface area contributed by atoms with Gasteiger partial charge in [-0.15, -0.1) is 0 Å². The Bertz CT molecular complexity index is 364. The number of aliphatic hydroxyl groups is 1. The first-order chi connectivity index (χ1) is 8.58. The van der Waals surface area contributed by atoms with Gasteiger partial charge in [-0.1, -0.05) is 13.8 Å². The van der Waals surface area contributed by atoms with E-state index in [4.69, 9.17) is 4.74 Å². The quantitative estimate of drug-likeness (QED) is 0.782. The van der Waals surface area contributed by atoms with E-state index < -0.39 is 0 Å². The fourth-order valence-electron chi connectivity index (χ4n) is 1.84. The summed E-state index contributed by atoms with van der Waals surface area (Å²) in [4.78, 5) is 0. The van der Waals surface area contributed by atoms with E-state index in [-0.39, 0.29) is 12.5 Å². The maximum atomic E-state index is 9.28. The van der Waals surface area contributed by atoms with Crippen LogP contribution in [0.3, 0.4) is 0 Å². The number of rotatable bonds is 7. The number of aryl methyl sites for hydroxylation is 1. The second kappa shape index (κ2) is 7.27. The fraction of sp³-hybridized carbons (Fsp3) is 0.600. The number of benzene rings is 1. The molecule has 0 amide bonds. The summed E-state index contributed by atoms with van der Waals surface area (Å²) in [6.07, 6.45) is 0. The van der Waals surface area contributed by atoms with Crippen LogP contribution in [0.25, 0.3) is 0 Å². The van der Waals surface area contributed by atoms with Gasteiger partial charge in [0.2, 0.25) is 0 Å². The van der Waals surface area contributed by atoms with Crippen molar-refractivity contribution in [2.75, 3.05) is 25.1 Å². The Morgan fingerprint density at radius 1 is 1.33 bits per heavy atom. The number of anilines is 1. The minimum Gasteiger partial charge on any atom is -0.494 e. The second-order valence-electron chi connectivity index (χ2n) is 4.98. The Balaban J connectivity index is 2.60. The van der Waals surface area contributed by atoms with Crippen molar-refractivity contribution < 1.29 is 9.84 Å². The van der Waals surface area contributed by atoms with Crippen molar-refractivity contribution in [1.82, 2.24) is 0 Å². The van der Waals surface area contributed by atoms with E-state index in [1.165, 1.54) is 0 Å². The third-order valence-corrected chi connectivity index (χ3v) is 3.22. The minimum absolute atomic E-state index is 0.223. The molecule has 1 aromatic carbocycles. The number of nitrogens with one attached hydrogen (secondary N) is 1. The van der Waals surface area contributed by atoms with Crippen molar-refractivity contribution in [2.45, 2.75) is 27.7 Å². The predicted octanol–water partition coefficient (Wildman–Crippen LogP) is 3.07. The first-order valence-corrected chi connectivity index (χ1v) is 6.66. The molecule has 0 heterocycles. The molecule has 3 heteroatoms. The van der Waals surface area contributed by atoms with Gasteiger partial charge in [0, 0.05) is 24.8 Å². The summed E-state index contributed by atoms with van der Waals surface area (Å²) in [5.74, 6) is 1.70. The van der Waals surface area contributed by atoms with Crippen LogP contribution in [-0.4, -0.2) is 24.9 Å². The Labute approximate surface area is 110 Å². The Hall–Kier alpha value is -1.22. The van der Waals surface area contributed by atoms with Crippen molar-refractivity contribution in [3.05, 3.63) is 23.8 Å². The van der Waals surface area contributed by atoms with Crippen LogP contribution in [0.15, 0.2) is 18.2 Å². The normalized spacial score (nSPS) is 12.6. The van der Waals surface area contributed by atoms with Crippen LogP contribution in [0.5, 0.6) is 5.75 Å². The molecule has 0 aliphatic heterocycles. The molecule has 2 N–H and O–H groups in total. The molecule has 1 aromatic rings. The van der Waals surface area contributed by atoms with Crippen molar-refractivity contribution in [3.8, 4) is 5.75 Å². The van der Waals surface area contributed by atoms with Crippen LogP contribution < -0.4 is 10.1 Å². The molecule has 1 unspecified atom stereocenters. The molecule has 18 heavy (non-hydrogen) atoms. The third kappa shape index (κ3) is 4.22. The number of hydrogen-bond acceptors (Lipinski definition) is 3. The Kier molecular flexibility index (Phi) is 5.99. The van der Waals surface area contributed by atoms with E-state index >= 15 is 0 Å². The monoisotopic (exact) mass is 251 g/mol. The first-order valence-electron chi connectivity index (χ1n) is 6.66. The molecule has 0 aliphatic rings. The Morgan fingerprint density at radius 2 is 2.06 bits per heavy atom. The van der Waals surface area contributed by atoms with Gasteiger partial charge in [0.05, 0.1) is 6.61 Å². The van der Waals surface area contributed by atoms with Gasteiger partial charge in [0.15, 0.2) is 0 Å². The van der Waals surface area contributed by atoms with Crippen LogP contribution in [0.4, 0.5) is 5.69 Å². The van der Waals surface area contributed by atoms with Crippen LogP contribution in [-0.2, 0) is 0 Å². The van der Waals surface area contributed by atoms with Gasteiger partial charge in [-0.3, -0.25) is 0 Å². The highest BCUT2D eigenvalue weighted by atomic mass is 16.5. The summed E-state index contributed by atoms with van der Waals surface area (Å²) >= 11 is 0. The van der Waals surface area contributed by atoms with Crippen molar-refractivity contribution in [1.29, 1.82) is 0 Å².